The Bertz CT molecular complexity index is 996. The maximum Gasteiger partial charge on any atom is 0.237 e. The van der Waals surface area contributed by atoms with E-state index < -0.39 is 0 Å². The molecule has 0 saturated heterocycles. The van der Waals surface area contributed by atoms with Crippen LogP contribution in [0.3, 0.4) is 0 Å². The lowest BCUT2D eigenvalue weighted by Crippen LogP contribution is -2.30. The van der Waals surface area contributed by atoms with Crippen molar-refractivity contribution in [1.82, 2.24) is 9.97 Å². The van der Waals surface area contributed by atoms with E-state index in [0.717, 1.165) is 46.1 Å². The monoisotopic (exact) mass is 383 g/mol. The minimum atomic E-state index is 0.148. The van der Waals surface area contributed by atoms with Crippen molar-refractivity contribution in [3.8, 4) is 0 Å². The van der Waals surface area contributed by atoms with Crippen LogP contribution in [-0.2, 0) is 17.6 Å². The molecule has 1 aliphatic rings. The van der Waals surface area contributed by atoms with Crippen LogP contribution in [0, 0.1) is 13.8 Å². The second-order valence-electron chi connectivity index (χ2n) is 6.47. The topological polar surface area (TPSA) is 46.1 Å². The first-order chi connectivity index (χ1) is 12.6. The van der Waals surface area contributed by atoms with Gasteiger partial charge in [-0.1, -0.05) is 36.9 Å². The third-order valence-corrected chi connectivity index (χ3v) is 6.94. The Morgan fingerprint density at radius 2 is 2.08 bits per heavy atom. The van der Waals surface area contributed by atoms with Crippen LogP contribution < -0.4 is 4.90 Å². The van der Waals surface area contributed by atoms with Crippen LogP contribution in [0.25, 0.3) is 10.2 Å². The van der Waals surface area contributed by atoms with Gasteiger partial charge in [0.2, 0.25) is 5.91 Å². The molecule has 0 spiro atoms. The van der Waals surface area contributed by atoms with E-state index in [1.807, 2.05) is 23.1 Å². The van der Waals surface area contributed by atoms with Gasteiger partial charge >= 0.3 is 0 Å². The molecular weight excluding hydrogens is 362 g/mol. The molecule has 1 aliphatic heterocycles. The Hall–Kier alpha value is -1.92. The number of thiophene rings is 1. The van der Waals surface area contributed by atoms with Gasteiger partial charge in [-0.15, -0.1) is 11.3 Å². The highest BCUT2D eigenvalue weighted by Crippen LogP contribution is 2.36. The lowest BCUT2D eigenvalue weighted by atomic mass is 10.2. The zero-order valence-electron chi connectivity index (χ0n) is 15.2. The molecule has 1 amide bonds. The Morgan fingerprint density at radius 1 is 1.27 bits per heavy atom. The number of carbonyl (C=O) groups is 1. The summed E-state index contributed by atoms with van der Waals surface area (Å²) in [5.41, 5.74) is 3.55. The van der Waals surface area contributed by atoms with Crippen LogP contribution >= 0.6 is 23.1 Å². The standard InChI is InChI=1S/C20H21N3OS2/c1-4-16-21-19(18-12(2)13(3)26-20(18)22-16)25-11-17(24)23-10-9-14-7-5-6-8-15(14)23/h5-8H,4,9-11H2,1-3H3. The van der Waals surface area contributed by atoms with Gasteiger partial charge < -0.3 is 4.90 Å². The molecule has 26 heavy (non-hydrogen) atoms. The first kappa shape index (κ1) is 17.5. The lowest BCUT2D eigenvalue weighted by molar-refractivity contribution is -0.116. The summed E-state index contributed by atoms with van der Waals surface area (Å²) in [5.74, 6) is 1.40. The zero-order valence-corrected chi connectivity index (χ0v) is 16.8. The van der Waals surface area contributed by atoms with E-state index in [1.165, 1.54) is 16.0 Å². The van der Waals surface area contributed by atoms with E-state index >= 15 is 0 Å². The number of aryl methyl sites for hydroxylation is 3. The van der Waals surface area contributed by atoms with Crippen molar-refractivity contribution in [2.75, 3.05) is 17.2 Å². The molecule has 4 nitrogen and oxygen atoms in total. The molecule has 3 aromatic rings. The second kappa shape index (κ2) is 7.00. The fraction of sp³-hybridized carbons (Fsp3) is 0.350. The first-order valence-corrected chi connectivity index (χ1v) is 10.7. The van der Waals surface area contributed by atoms with Crippen molar-refractivity contribution in [2.45, 2.75) is 38.6 Å². The van der Waals surface area contributed by atoms with Crippen molar-refractivity contribution in [2.24, 2.45) is 0 Å². The Kier molecular flexibility index (Phi) is 4.71. The summed E-state index contributed by atoms with van der Waals surface area (Å²) in [6.45, 7) is 7.07. The lowest BCUT2D eigenvalue weighted by Gasteiger charge is -2.17. The summed E-state index contributed by atoms with van der Waals surface area (Å²) in [5, 5.41) is 2.05. The summed E-state index contributed by atoms with van der Waals surface area (Å²) >= 11 is 3.25. The SMILES string of the molecule is CCc1nc(SCC(=O)N2CCc3ccccc32)c2c(C)c(C)sc2n1. The van der Waals surface area contributed by atoms with Crippen LogP contribution in [-0.4, -0.2) is 28.2 Å². The predicted octanol–water partition coefficient (Wildman–Crippen LogP) is 4.55. The maximum absolute atomic E-state index is 12.8. The van der Waals surface area contributed by atoms with Gasteiger partial charge in [0.1, 0.15) is 15.7 Å². The number of carbonyl (C=O) groups excluding carboxylic acids is 1. The average molecular weight is 384 g/mol. The molecule has 0 radical (unpaired) electrons. The normalized spacial score (nSPS) is 13.4. The van der Waals surface area contributed by atoms with Crippen molar-refractivity contribution in [3.05, 3.63) is 46.1 Å². The number of para-hydroxylation sites is 1. The molecule has 0 saturated carbocycles. The van der Waals surface area contributed by atoms with E-state index in [2.05, 4.69) is 31.8 Å². The Morgan fingerprint density at radius 3 is 2.88 bits per heavy atom. The highest BCUT2D eigenvalue weighted by molar-refractivity contribution is 8.00. The van der Waals surface area contributed by atoms with E-state index in [4.69, 9.17) is 4.98 Å². The number of aromatic nitrogens is 2. The fourth-order valence-corrected chi connectivity index (χ4v) is 5.42. The number of nitrogens with zero attached hydrogens (tertiary/aromatic N) is 3. The second-order valence-corrected chi connectivity index (χ2v) is 8.64. The van der Waals surface area contributed by atoms with Crippen LogP contribution in [0.4, 0.5) is 5.69 Å². The first-order valence-electron chi connectivity index (χ1n) is 8.86. The number of thioether (sulfide) groups is 1. The van der Waals surface area contributed by atoms with E-state index in [1.54, 1.807) is 23.1 Å². The van der Waals surface area contributed by atoms with Gasteiger partial charge in [-0.05, 0) is 37.5 Å². The molecule has 0 unspecified atom stereocenters. The van der Waals surface area contributed by atoms with Gasteiger partial charge in [-0.25, -0.2) is 9.97 Å². The van der Waals surface area contributed by atoms with Crippen molar-refractivity contribution in [1.29, 1.82) is 0 Å². The molecule has 6 heteroatoms. The van der Waals surface area contributed by atoms with Gasteiger partial charge in [-0.2, -0.15) is 0 Å². The van der Waals surface area contributed by atoms with E-state index in [-0.39, 0.29) is 5.91 Å². The van der Waals surface area contributed by atoms with Gasteiger partial charge in [0.05, 0.1) is 5.75 Å². The van der Waals surface area contributed by atoms with Gasteiger partial charge in [0.15, 0.2) is 0 Å². The predicted molar refractivity (Wildman–Crippen MR) is 109 cm³/mol. The van der Waals surface area contributed by atoms with Crippen molar-refractivity contribution < 1.29 is 4.79 Å². The number of rotatable bonds is 4. The number of fused-ring (bicyclic) bond motifs is 2. The number of benzene rings is 1. The smallest absolute Gasteiger partial charge is 0.237 e. The average Bonchev–Trinajstić information content (AvgIpc) is 3.20. The maximum atomic E-state index is 12.8. The number of hydrogen-bond acceptors (Lipinski definition) is 5. The molecule has 0 fully saturated rings. The molecule has 1 aromatic carbocycles. The minimum Gasteiger partial charge on any atom is -0.311 e. The summed E-state index contributed by atoms with van der Waals surface area (Å²) in [7, 11) is 0. The van der Waals surface area contributed by atoms with Crippen LogP contribution in [0.2, 0.25) is 0 Å². The van der Waals surface area contributed by atoms with Crippen LogP contribution in [0.5, 0.6) is 0 Å². The molecule has 0 bridgehead atoms. The summed E-state index contributed by atoms with van der Waals surface area (Å²) < 4.78 is 0. The van der Waals surface area contributed by atoms with E-state index in [0.29, 0.717) is 5.75 Å². The Balaban J connectivity index is 1.59. The quantitative estimate of drug-likeness (QED) is 0.490. The van der Waals surface area contributed by atoms with Crippen molar-refractivity contribution in [3.63, 3.8) is 0 Å². The summed E-state index contributed by atoms with van der Waals surface area (Å²) in [6, 6.07) is 8.17. The summed E-state index contributed by atoms with van der Waals surface area (Å²) in [6.07, 6.45) is 1.74. The molecule has 2 aromatic heterocycles. The summed E-state index contributed by atoms with van der Waals surface area (Å²) in [4.78, 5) is 26.4. The number of amides is 1. The minimum absolute atomic E-state index is 0.148. The van der Waals surface area contributed by atoms with Crippen LogP contribution in [0.15, 0.2) is 29.3 Å². The Labute approximate surface area is 161 Å². The molecule has 3 heterocycles. The number of hydrogen-bond donors (Lipinski definition) is 0. The van der Waals surface area contributed by atoms with Crippen LogP contribution in [0.1, 0.15) is 28.8 Å². The zero-order chi connectivity index (χ0) is 18.3. The molecule has 0 atom stereocenters. The molecule has 4 rings (SSSR count). The molecule has 134 valence electrons. The van der Waals surface area contributed by atoms with E-state index in [9.17, 15) is 4.79 Å². The van der Waals surface area contributed by atoms with Gasteiger partial charge in [0, 0.05) is 28.9 Å². The fourth-order valence-electron chi connectivity index (χ4n) is 3.32. The van der Waals surface area contributed by atoms with Gasteiger partial charge in [0.25, 0.3) is 0 Å². The molecule has 0 N–H and O–H groups in total. The largest absolute Gasteiger partial charge is 0.311 e. The third-order valence-electron chi connectivity index (χ3n) is 4.88. The highest BCUT2D eigenvalue weighted by Gasteiger charge is 2.24. The third kappa shape index (κ3) is 3.01. The molecular formula is C20H21N3OS2. The highest BCUT2D eigenvalue weighted by atomic mass is 32.2. The number of anilines is 1. The van der Waals surface area contributed by atoms with Gasteiger partial charge in [-0.3, -0.25) is 4.79 Å². The molecule has 0 aliphatic carbocycles. The van der Waals surface area contributed by atoms with Crippen molar-refractivity contribution >= 4 is 44.9 Å².